The second-order valence-corrected chi connectivity index (χ2v) is 8.30. The van der Waals surface area contributed by atoms with Crippen LogP contribution < -0.4 is 9.62 Å². The molecule has 0 fully saturated rings. The van der Waals surface area contributed by atoms with Gasteiger partial charge in [-0.25, -0.2) is 8.42 Å². The van der Waals surface area contributed by atoms with E-state index in [1.54, 1.807) is 24.3 Å². The Balaban J connectivity index is 1.81. The maximum atomic E-state index is 12.1. The highest BCUT2D eigenvalue weighted by molar-refractivity contribution is 7.92. The maximum Gasteiger partial charge on any atom is 0.232 e. The fourth-order valence-electron chi connectivity index (χ4n) is 2.72. The number of carbonyl (C=O) groups excluding carboxylic acids is 1. The number of nitrogens with one attached hydrogen (secondary N) is 1. The van der Waals surface area contributed by atoms with E-state index in [0.717, 1.165) is 0 Å². The van der Waals surface area contributed by atoms with Crippen molar-refractivity contribution in [1.29, 1.82) is 0 Å². The fraction of sp³-hybridized carbons (Fsp3) is 0.350. The van der Waals surface area contributed by atoms with E-state index in [4.69, 9.17) is 0 Å². The van der Waals surface area contributed by atoms with Gasteiger partial charge in [-0.05, 0) is 30.0 Å². The standard InChI is InChI=1S/C20H26N2O3S/c1-17(18-10-5-3-6-11-18)16-21-20(23)14-9-15-22(26(2,24)25)19-12-7-4-8-13-19/h3-8,10-13,17H,9,14-16H2,1-2H3,(H,21,23)/t17-/m1/s1. The van der Waals surface area contributed by atoms with Gasteiger partial charge in [0.1, 0.15) is 0 Å². The fourth-order valence-corrected chi connectivity index (χ4v) is 3.68. The summed E-state index contributed by atoms with van der Waals surface area (Å²) in [4.78, 5) is 12.1. The third kappa shape index (κ3) is 6.19. The Morgan fingerprint density at radius 3 is 2.19 bits per heavy atom. The lowest BCUT2D eigenvalue weighted by atomic mass is 10.0. The average molecular weight is 375 g/mol. The number of hydrogen-bond donors (Lipinski definition) is 1. The minimum Gasteiger partial charge on any atom is -0.356 e. The van der Waals surface area contributed by atoms with Crippen molar-refractivity contribution in [2.75, 3.05) is 23.7 Å². The molecule has 0 aromatic heterocycles. The first-order valence-corrected chi connectivity index (χ1v) is 10.6. The van der Waals surface area contributed by atoms with Crippen LogP contribution in [0.25, 0.3) is 0 Å². The largest absolute Gasteiger partial charge is 0.356 e. The lowest BCUT2D eigenvalue weighted by Crippen LogP contribution is -2.32. The van der Waals surface area contributed by atoms with E-state index >= 15 is 0 Å². The Labute approximate surface area is 156 Å². The normalized spacial score (nSPS) is 12.4. The summed E-state index contributed by atoms with van der Waals surface area (Å²) in [6.45, 7) is 2.91. The van der Waals surface area contributed by atoms with Crippen molar-refractivity contribution in [2.45, 2.75) is 25.7 Å². The maximum absolute atomic E-state index is 12.1. The summed E-state index contributed by atoms with van der Waals surface area (Å²) >= 11 is 0. The molecule has 1 atom stereocenters. The molecule has 0 aliphatic rings. The quantitative estimate of drug-likeness (QED) is 0.733. The molecule has 0 saturated heterocycles. The van der Waals surface area contributed by atoms with Crippen LogP contribution in [-0.4, -0.2) is 33.7 Å². The number of benzene rings is 2. The topological polar surface area (TPSA) is 66.5 Å². The van der Waals surface area contributed by atoms with Crippen molar-refractivity contribution < 1.29 is 13.2 Å². The van der Waals surface area contributed by atoms with Crippen LogP contribution in [0.1, 0.15) is 31.2 Å². The Kier molecular flexibility index (Phi) is 7.21. The van der Waals surface area contributed by atoms with E-state index in [1.165, 1.54) is 16.1 Å². The molecule has 0 unspecified atom stereocenters. The summed E-state index contributed by atoms with van der Waals surface area (Å²) in [5.74, 6) is 0.172. The molecule has 2 rings (SSSR count). The minimum atomic E-state index is -3.38. The molecule has 6 heteroatoms. The first-order chi connectivity index (χ1) is 12.4. The number of nitrogens with zero attached hydrogens (tertiary/aromatic N) is 1. The highest BCUT2D eigenvalue weighted by atomic mass is 32.2. The molecule has 0 bridgehead atoms. The summed E-state index contributed by atoms with van der Waals surface area (Å²) < 4.78 is 25.3. The van der Waals surface area contributed by atoms with Gasteiger partial charge in [0.15, 0.2) is 0 Å². The van der Waals surface area contributed by atoms with Gasteiger partial charge in [-0.2, -0.15) is 0 Å². The van der Waals surface area contributed by atoms with Crippen molar-refractivity contribution in [3.8, 4) is 0 Å². The van der Waals surface area contributed by atoms with Gasteiger partial charge in [0, 0.05) is 19.5 Å². The number of amides is 1. The predicted octanol–water partition coefficient (Wildman–Crippen LogP) is 3.15. The van der Waals surface area contributed by atoms with Crippen LogP contribution in [0.5, 0.6) is 0 Å². The Bertz CT molecular complexity index is 792. The monoisotopic (exact) mass is 374 g/mol. The van der Waals surface area contributed by atoms with Crippen LogP contribution in [0.4, 0.5) is 5.69 Å². The van der Waals surface area contributed by atoms with E-state index in [0.29, 0.717) is 25.1 Å². The van der Waals surface area contributed by atoms with Crippen LogP contribution in [-0.2, 0) is 14.8 Å². The summed E-state index contributed by atoms with van der Waals surface area (Å²) in [7, 11) is -3.38. The minimum absolute atomic E-state index is 0.0608. The Morgan fingerprint density at radius 2 is 1.62 bits per heavy atom. The number of hydrogen-bond acceptors (Lipinski definition) is 3. The van der Waals surface area contributed by atoms with Gasteiger partial charge in [-0.15, -0.1) is 0 Å². The molecule has 2 aromatic carbocycles. The molecule has 26 heavy (non-hydrogen) atoms. The summed E-state index contributed by atoms with van der Waals surface area (Å²) in [6.07, 6.45) is 1.94. The van der Waals surface area contributed by atoms with Crippen molar-refractivity contribution in [1.82, 2.24) is 5.32 Å². The van der Waals surface area contributed by atoms with Gasteiger partial charge in [-0.1, -0.05) is 55.5 Å². The molecule has 1 N–H and O–H groups in total. The smallest absolute Gasteiger partial charge is 0.232 e. The zero-order valence-electron chi connectivity index (χ0n) is 15.3. The molecule has 5 nitrogen and oxygen atoms in total. The molecule has 0 aliphatic heterocycles. The highest BCUT2D eigenvalue weighted by Crippen LogP contribution is 2.17. The van der Waals surface area contributed by atoms with E-state index in [9.17, 15) is 13.2 Å². The zero-order chi connectivity index (χ0) is 19.0. The molecule has 140 valence electrons. The van der Waals surface area contributed by atoms with Gasteiger partial charge >= 0.3 is 0 Å². The van der Waals surface area contributed by atoms with Crippen molar-refractivity contribution in [3.05, 3.63) is 66.2 Å². The number of rotatable bonds is 9. The van der Waals surface area contributed by atoms with Crippen LogP contribution in [0.3, 0.4) is 0 Å². The first-order valence-electron chi connectivity index (χ1n) is 8.72. The lowest BCUT2D eigenvalue weighted by Gasteiger charge is -2.22. The molecule has 2 aromatic rings. The molecule has 0 spiro atoms. The second-order valence-electron chi connectivity index (χ2n) is 6.39. The van der Waals surface area contributed by atoms with Gasteiger partial charge < -0.3 is 5.32 Å². The number of anilines is 1. The van der Waals surface area contributed by atoms with Gasteiger partial charge in [0.05, 0.1) is 11.9 Å². The summed E-state index contributed by atoms with van der Waals surface area (Å²) in [6, 6.07) is 19.0. The molecular weight excluding hydrogens is 348 g/mol. The molecular formula is C20H26N2O3S. The Morgan fingerprint density at radius 1 is 1.04 bits per heavy atom. The lowest BCUT2D eigenvalue weighted by molar-refractivity contribution is -0.121. The van der Waals surface area contributed by atoms with Crippen molar-refractivity contribution in [3.63, 3.8) is 0 Å². The zero-order valence-corrected chi connectivity index (χ0v) is 16.1. The molecule has 0 saturated carbocycles. The van der Waals surface area contributed by atoms with Crippen molar-refractivity contribution >= 4 is 21.6 Å². The van der Waals surface area contributed by atoms with E-state index in [-0.39, 0.29) is 18.4 Å². The second kappa shape index (κ2) is 9.38. The van der Waals surface area contributed by atoms with Gasteiger partial charge in [0.25, 0.3) is 0 Å². The molecule has 1 amide bonds. The van der Waals surface area contributed by atoms with E-state index < -0.39 is 10.0 Å². The summed E-state index contributed by atoms with van der Waals surface area (Å²) in [5, 5.41) is 2.93. The summed E-state index contributed by atoms with van der Waals surface area (Å²) in [5.41, 5.74) is 1.80. The molecule has 0 aliphatic carbocycles. The molecule has 0 heterocycles. The van der Waals surface area contributed by atoms with Crippen LogP contribution >= 0.6 is 0 Å². The van der Waals surface area contributed by atoms with E-state index in [1.807, 2.05) is 36.4 Å². The van der Waals surface area contributed by atoms with Crippen LogP contribution in [0.2, 0.25) is 0 Å². The third-order valence-electron chi connectivity index (χ3n) is 4.18. The number of para-hydroxylation sites is 1. The van der Waals surface area contributed by atoms with Gasteiger partial charge in [-0.3, -0.25) is 9.10 Å². The number of sulfonamides is 1. The van der Waals surface area contributed by atoms with Crippen LogP contribution in [0.15, 0.2) is 60.7 Å². The first kappa shape index (κ1) is 20.0. The van der Waals surface area contributed by atoms with Crippen molar-refractivity contribution in [2.24, 2.45) is 0 Å². The SMILES string of the molecule is C[C@H](CNC(=O)CCCN(c1ccccc1)S(C)(=O)=O)c1ccccc1. The van der Waals surface area contributed by atoms with E-state index in [2.05, 4.69) is 12.2 Å². The third-order valence-corrected chi connectivity index (χ3v) is 5.38. The van der Waals surface area contributed by atoms with Crippen LogP contribution in [0, 0.1) is 0 Å². The average Bonchev–Trinajstić information content (AvgIpc) is 2.63. The Hall–Kier alpha value is -2.34. The number of carbonyl (C=O) groups is 1. The van der Waals surface area contributed by atoms with Gasteiger partial charge in [0.2, 0.25) is 15.9 Å². The highest BCUT2D eigenvalue weighted by Gasteiger charge is 2.17. The molecule has 0 radical (unpaired) electrons. The predicted molar refractivity (Wildman–Crippen MR) is 106 cm³/mol.